The van der Waals surface area contributed by atoms with Crippen LogP contribution in [0.5, 0.6) is 5.75 Å². The van der Waals surface area contributed by atoms with E-state index in [4.69, 9.17) is 9.15 Å². The molecule has 0 radical (unpaired) electrons. The largest absolute Gasteiger partial charge is 0.503 e. The standard InChI is InChI=1S/C28H29NO5/c1-5-15-33-21-9-6-8-20(17-21)29-24(18-11-13-19(14-12-18)28(2,3)4)23(26(31)27(29)32)25(30)22-10-7-16-34-22/h6-14,16-17,24,31H,5,15H2,1-4H3. The number of hydrogen-bond donors (Lipinski definition) is 1. The van der Waals surface area contributed by atoms with Gasteiger partial charge >= 0.3 is 0 Å². The van der Waals surface area contributed by atoms with E-state index in [0.29, 0.717) is 23.6 Å². The lowest BCUT2D eigenvalue weighted by Gasteiger charge is -2.28. The molecule has 34 heavy (non-hydrogen) atoms. The van der Waals surface area contributed by atoms with Gasteiger partial charge in [-0.3, -0.25) is 14.5 Å². The zero-order chi connectivity index (χ0) is 24.5. The van der Waals surface area contributed by atoms with Crippen LogP contribution < -0.4 is 9.64 Å². The van der Waals surface area contributed by atoms with Crippen LogP contribution in [0.2, 0.25) is 0 Å². The molecular formula is C28H29NO5. The van der Waals surface area contributed by atoms with Gasteiger partial charge in [-0.25, -0.2) is 0 Å². The average molecular weight is 460 g/mol. The molecule has 2 aromatic carbocycles. The first kappa shape index (κ1) is 23.4. The SMILES string of the molecule is CCCOc1cccc(N2C(=O)C(O)=C(C(=O)c3ccco3)C2c2ccc(C(C)(C)C)cc2)c1. The summed E-state index contributed by atoms with van der Waals surface area (Å²) in [7, 11) is 0. The molecule has 0 saturated heterocycles. The van der Waals surface area contributed by atoms with Gasteiger partial charge in [0.15, 0.2) is 11.5 Å². The van der Waals surface area contributed by atoms with E-state index in [0.717, 1.165) is 12.0 Å². The van der Waals surface area contributed by atoms with E-state index in [1.165, 1.54) is 17.2 Å². The van der Waals surface area contributed by atoms with Crippen LogP contribution in [0.4, 0.5) is 5.69 Å². The lowest BCUT2D eigenvalue weighted by molar-refractivity contribution is -0.117. The van der Waals surface area contributed by atoms with Gasteiger partial charge in [0.05, 0.1) is 24.5 Å². The molecule has 1 aliphatic rings. The minimum atomic E-state index is -0.819. The third kappa shape index (κ3) is 4.36. The second-order valence-corrected chi connectivity index (χ2v) is 9.36. The predicted octanol–water partition coefficient (Wildman–Crippen LogP) is 6.15. The number of anilines is 1. The molecule has 1 atom stereocenters. The summed E-state index contributed by atoms with van der Waals surface area (Å²) in [5, 5.41) is 10.9. The number of rotatable bonds is 7. The number of Topliss-reactive ketones (excluding diaryl/α,β-unsaturated/α-hetero) is 1. The summed E-state index contributed by atoms with van der Waals surface area (Å²) in [5.74, 6) is -1.08. The van der Waals surface area contributed by atoms with Crippen LogP contribution in [0.15, 0.2) is 82.7 Å². The van der Waals surface area contributed by atoms with Crippen molar-refractivity contribution in [2.75, 3.05) is 11.5 Å². The van der Waals surface area contributed by atoms with Crippen molar-refractivity contribution in [3.8, 4) is 5.75 Å². The van der Waals surface area contributed by atoms with Crippen LogP contribution in [0.25, 0.3) is 0 Å². The van der Waals surface area contributed by atoms with Gasteiger partial charge in [-0.2, -0.15) is 0 Å². The smallest absolute Gasteiger partial charge is 0.294 e. The van der Waals surface area contributed by atoms with E-state index in [9.17, 15) is 14.7 Å². The number of furan rings is 1. The van der Waals surface area contributed by atoms with Gasteiger partial charge < -0.3 is 14.3 Å². The molecule has 2 heterocycles. The van der Waals surface area contributed by atoms with Crippen molar-refractivity contribution in [2.24, 2.45) is 0 Å². The summed E-state index contributed by atoms with van der Waals surface area (Å²) < 4.78 is 11.0. The van der Waals surface area contributed by atoms with Gasteiger partial charge in [0.2, 0.25) is 5.78 Å². The van der Waals surface area contributed by atoms with E-state index in [1.807, 2.05) is 37.3 Å². The van der Waals surface area contributed by atoms with Crippen molar-refractivity contribution in [1.29, 1.82) is 0 Å². The van der Waals surface area contributed by atoms with E-state index in [-0.39, 0.29) is 16.7 Å². The Labute approximate surface area is 199 Å². The Morgan fingerprint density at radius 3 is 2.44 bits per heavy atom. The van der Waals surface area contributed by atoms with Crippen LogP contribution in [0.1, 0.15) is 61.8 Å². The number of carbonyl (C=O) groups excluding carboxylic acids is 2. The molecule has 1 aromatic heterocycles. The topological polar surface area (TPSA) is 80.0 Å². The molecule has 1 N–H and O–H groups in total. The lowest BCUT2D eigenvalue weighted by Crippen LogP contribution is -2.31. The Hall–Kier alpha value is -3.80. The quantitative estimate of drug-likeness (QED) is 0.429. The maximum atomic E-state index is 13.3. The zero-order valence-electron chi connectivity index (χ0n) is 19.9. The number of ether oxygens (including phenoxy) is 1. The molecule has 6 heteroatoms. The van der Waals surface area contributed by atoms with Gasteiger partial charge in [-0.05, 0) is 47.2 Å². The first-order valence-electron chi connectivity index (χ1n) is 11.4. The zero-order valence-corrected chi connectivity index (χ0v) is 19.9. The molecule has 4 rings (SSSR count). The first-order chi connectivity index (χ1) is 16.2. The molecule has 0 bridgehead atoms. The summed E-state index contributed by atoms with van der Waals surface area (Å²) >= 11 is 0. The average Bonchev–Trinajstić information content (AvgIpc) is 3.44. The number of carbonyl (C=O) groups is 2. The Morgan fingerprint density at radius 1 is 1.09 bits per heavy atom. The lowest BCUT2D eigenvalue weighted by atomic mass is 9.85. The van der Waals surface area contributed by atoms with Crippen LogP contribution in [-0.4, -0.2) is 23.4 Å². The van der Waals surface area contributed by atoms with Crippen molar-refractivity contribution in [3.63, 3.8) is 0 Å². The molecule has 1 aliphatic heterocycles. The van der Waals surface area contributed by atoms with Crippen LogP contribution >= 0.6 is 0 Å². The Bertz CT molecular complexity index is 1220. The Morgan fingerprint density at radius 2 is 1.82 bits per heavy atom. The summed E-state index contributed by atoms with van der Waals surface area (Å²) in [4.78, 5) is 28.1. The second-order valence-electron chi connectivity index (χ2n) is 9.36. The molecule has 0 saturated carbocycles. The minimum Gasteiger partial charge on any atom is -0.503 e. The summed E-state index contributed by atoms with van der Waals surface area (Å²) in [5.41, 5.74) is 2.29. The highest BCUT2D eigenvalue weighted by Gasteiger charge is 2.45. The van der Waals surface area contributed by atoms with E-state index < -0.39 is 23.5 Å². The molecular weight excluding hydrogens is 430 g/mol. The predicted molar refractivity (Wildman–Crippen MR) is 130 cm³/mol. The molecule has 1 amide bonds. The van der Waals surface area contributed by atoms with E-state index >= 15 is 0 Å². The second kappa shape index (κ2) is 9.21. The number of aliphatic hydroxyl groups excluding tert-OH is 1. The third-order valence-electron chi connectivity index (χ3n) is 5.86. The molecule has 3 aromatic rings. The van der Waals surface area contributed by atoms with Crippen molar-refractivity contribution < 1.29 is 23.8 Å². The van der Waals surface area contributed by atoms with Crippen molar-refractivity contribution in [3.05, 3.63) is 95.1 Å². The molecule has 1 unspecified atom stereocenters. The summed E-state index contributed by atoms with van der Waals surface area (Å²) in [6.07, 6.45) is 2.24. The fourth-order valence-corrected chi connectivity index (χ4v) is 4.07. The van der Waals surface area contributed by atoms with E-state index in [1.54, 1.807) is 24.3 Å². The van der Waals surface area contributed by atoms with Crippen LogP contribution in [0.3, 0.4) is 0 Å². The molecule has 0 spiro atoms. The Kier molecular flexibility index (Phi) is 6.33. The van der Waals surface area contributed by atoms with Crippen molar-refractivity contribution >= 4 is 17.4 Å². The van der Waals surface area contributed by atoms with E-state index in [2.05, 4.69) is 20.8 Å². The van der Waals surface area contributed by atoms with Gasteiger partial charge in [-0.15, -0.1) is 0 Å². The molecule has 6 nitrogen and oxygen atoms in total. The monoisotopic (exact) mass is 459 g/mol. The number of benzene rings is 2. The number of hydrogen-bond acceptors (Lipinski definition) is 5. The van der Waals surface area contributed by atoms with Gasteiger partial charge in [-0.1, -0.05) is 58.0 Å². The molecule has 176 valence electrons. The summed E-state index contributed by atoms with van der Waals surface area (Å²) in [6.45, 7) is 8.91. The Balaban J connectivity index is 1.83. The highest BCUT2D eigenvalue weighted by molar-refractivity contribution is 6.20. The van der Waals surface area contributed by atoms with Crippen molar-refractivity contribution in [1.82, 2.24) is 0 Å². The minimum absolute atomic E-state index is 0.0108. The van der Waals surface area contributed by atoms with Gasteiger partial charge in [0.1, 0.15) is 5.75 Å². The fraction of sp³-hybridized carbons (Fsp3) is 0.286. The number of aliphatic hydroxyl groups is 1. The molecule has 0 fully saturated rings. The van der Waals surface area contributed by atoms with Gasteiger partial charge in [0.25, 0.3) is 5.91 Å². The fourth-order valence-electron chi connectivity index (χ4n) is 4.07. The van der Waals surface area contributed by atoms with Crippen LogP contribution in [0, 0.1) is 0 Å². The van der Waals surface area contributed by atoms with Crippen LogP contribution in [-0.2, 0) is 10.2 Å². The first-order valence-corrected chi connectivity index (χ1v) is 11.4. The highest BCUT2D eigenvalue weighted by atomic mass is 16.5. The van der Waals surface area contributed by atoms with Crippen molar-refractivity contribution in [2.45, 2.75) is 45.6 Å². The highest BCUT2D eigenvalue weighted by Crippen LogP contribution is 2.43. The number of amides is 1. The normalized spacial score (nSPS) is 16.3. The number of ketones is 1. The maximum Gasteiger partial charge on any atom is 0.294 e. The number of nitrogens with zero attached hydrogens (tertiary/aromatic N) is 1. The van der Waals surface area contributed by atoms with Gasteiger partial charge in [0, 0.05) is 11.8 Å². The maximum absolute atomic E-state index is 13.3. The molecule has 0 aliphatic carbocycles. The third-order valence-corrected chi connectivity index (χ3v) is 5.86. The summed E-state index contributed by atoms with van der Waals surface area (Å²) in [6, 6.07) is 17.2.